The van der Waals surface area contributed by atoms with Crippen LogP contribution >= 0.6 is 23.1 Å². The average Bonchev–Trinajstić information content (AvgIpc) is 3.21. The molecule has 4 nitrogen and oxygen atoms in total. The lowest BCUT2D eigenvalue weighted by molar-refractivity contribution is -0.139. The fraction of sp³-hybridized carbons (Fsp3) is 0.318. The van der Waals surface area contributed by atoms with Gasteiger partial charge >= 0.3 is 5.97 Å². The number of ether oxygens (including phenoxy) is 1. The molecule has 6 heteroatoms. The van der Waals surface area contributed by atoms with Crippen molar-refractivity contribution in [1.82, 2.24) is 0 Å². The molecule has 0 saturated carbocycles. The highest BCUT2D eigenvalue weighted by Crippen LogP contribution is 2.43. The van der Waals surface area contributed by atoms with Gasteiger partial charge in [-0.15, -0.1) is 23.1 Å². The maximum absolute atomic E-state index is 12.6. The van der Waals surface area contributed by atoms with E-state index in [1.807, 2.05) is 24.4 Å². The van der Waals surface area contributed by atoms with Gasteiger partial charge in [-0.2, -0.15) is 5.26 Å². The number of aryl methyl sites for hydroxylation is 1. The maximum atomic E-state index is 12.6. The predicted octanol–water partition coefficient (Wildman–Crippen LogP) is 5.46. The number of allylic oxidation sites excluding steroid dienone is 1. The SMILES string of the molecule is CCOC(=O)C1=C(C)N=C(SCc2ccc(C)cc2)[C@@H](C#N)[C@@H]1c1cccs1. The van der Waals surface area contributed by atoms with E-state index in [0.29, 0.717) is 17.9 Å². The van der Waals surface area contributed by atoms with Crippen molar-refractivity contribution < 1.29 is 9.53 Å². The first-order valence-corrected chi connectivity index (χ1v) is 11.0. The normalized spacial score (nSPS) is 19.1. The highest BCUT2D eigenvalue weighted by molar-refractivity contribution is 8.13. The number of hydrogen-bond donors (Lipinski definition) is 0. The molecule has 2 heterocycles. The van der Waals surface area contributed by atoms with Crippen molar-refractivity contribution >= 4 is 34.1 Å². The van der Waals surface area contributed by atoms with E-state index in [1.165, 1.54) is 11.1 Å². The zero-order chi connectivity index (χ0) is 20.1. The standard InChI is InChI=1S/C22H22N2O2S2/c1-4-26-22(25)19-15(3)24-21(28-13-16-9-7-14(2)8-10-16)17(12-23)20(19)18-6-5-11-27-18/h5-11,17,20H,4,13H2,1-3H3/t17-,20+/m0/s1. The number of thiophene rings is 1. The van der Waals surface area contributed by atoms with Gasteiger partial charge in [0.15, 0.2) is 0 Å². The first-order valence-electron chi connectivity index (χ1n) is 9.13. The molecular weight excluding hydrogens is 388 g/mol. The minimum Gasteiger partial charge on any atom is -0.463 e. The summed E-state index contributed by atoms with van der Waals surface area (Å²) >= 11 is 3.12. The van der Waals surface area contributed by atoms with E-state index in [4.69, 9.17) is 4.74 Å². The Hall–Kier alpha value is -2.36. The summed E-state index contributed by atoms with van der Waals surface area (Å²) in [7, 11) is 0. The summed E-state index contributed by atoms with van der Waals surface area (Å²) in [5, 5.41) is 12.7. The maximum Gasteiger partial charge on any atom is 0.336 e. The monoisotopic (exact) mass is 410 g/mol. The molecule has 0 bridgehead atoms. The Labute approximate surface area is 173 Å². The van der Waals surface area contributed by atoms with Crippen molar-refractivity contribution in [2.24, 2.45) is 10.9 Å². The molecule has 1 aliphatic heterocycles. The van der Waals surface area contributed by atoms with Crippen LogP contribution < -0.4 is 0 Å². The summed E-state index contributed by atoms with van der Waals surface area (Å²) in [6.45, 7) is 5.96. The molecule has 3 rings (SSSR count). The van der Waals surface area contributed by atoms with Crippen LogP contribution in [0.15, 0.2) is 58.0 Å². The van der Waals surface area contributed by atoms with Crippen LogP contribution in [0.3, 0.4) is 0 Å². The summed E-state index contributed by atoms with van der Waals surface area (Å²) in [5.74, 6) is -0.500. The second-order valence-electron chi connectivity index (χ2n) is 6.54. The number of esters is 1. The third kappa shape index (κ3) is 4.37. The van der Waals surface area contributed by atoms with Crippen molar-refractivity contribution in [3.8, 4) is 6.07 Å². The third-order valence-electron chi connectivity index (χ3n) is 4.57. The van der Waals surface area contributed by atoms with E-state index < -0.39 is 5.92 Å². The fourth-order valence-electron chi connectivity index (χ4n) is 3.18. The Morgan fingerprint density at radius 3 is 2.64 bits per heavy atom. The van der Waals surface area contributed by atoms with Gasteiger partial charge in [-0.05, 0) is 37.8 Å². The Bertz CT molecular complexity index is 938. The average molecular weight is 411 g/mol. The van der Waals surface area contributed by atoms with Gasteiger partial charge in [-0.1, -0.05) is 35.9 Å². The minimum absolute atomic E-state index is 0.294. The number of hydrogen-bond acceptors (Lipinski definition) is 6. The smallest absolute Gasteiger partial charge is 0.336 e. The number of carbonyl (C=O) groups is 1. The molecular formula is C22H22N2O2S2. The lowest BCUT2D eigenvalue weighted by Gasteiger charge is -2.28. The number of rotatable bonds is 5. The molecule has 0 spiro atoms. The van der Waals surface area contributed by atoms with Gasteiger partial charge in [-0.3, -0.25) is 0 Å². The van der Waals surface area contributed by atoms with Gasteiger partial charge in [0.2, 0.25) is 0 Å². The van der Waals surface area contributed by atoms with Crippen LogP contribution in [0, 0.1) is 24.2 Å². The van der Waals surface area contributed by atoms with Crippen LogP contribution in [0.2, 0.25) is 0 Å². The van der Waals surface area contributed by atoms with Crippen molar-refractivity contribution in [2.75, 3.05) is 6.61 Å². The van der Waals surface area contributed by atoms with Gasteiger partial charge in [-0.25, -0.2) is 9.79 Å². The molecule has 0 N–H and O–H groups in total. The molecule has 0 unspecified atom stereocenters. The number of nitrogens with zero attached hydrogens (tertiary/aromatic N) is 2. The number of aliphatic imine (C=N–C) groups is 1. The Balaban J connectivity index is 1.95. The van der Waals surface area contributed by atoms with Crippen LogP contribution in [0.5, 0.6) is 0 Å². The summed E-state index contributed by atoms with van der Waals surface area (Å²) < 4.78 is 5.27. The zero-order valence-corrected chi connectivity index (χ0v) is 17.8. The Morgan fingerprint density at radius 2 is 2.04 bits per heavy atom. The van der Waals surface area contributed by atoms with Gasteiger partial charge in [0.1, 0.15) is 5.92 Å². The molecule has 0 aliphatic carbocycles. The largest absolute Gasteiger partial charge is 0.463 e. The fourth-order valence-corrected chi connectivity index (χ4v) is 5.13. The van der Waals surface area contributed by atoms with Gasteiger partial charge in [0.05, 0.1) is 23.3 Å². The van der Waals surface area contributed by atoms with Crippen LogP contribution in [-0.4, -0.2) is 17.6 Å². The molecule has 2 aromatic rings. The molecule has 0 fully saturated rings. The predicted molar refractivity (Wildman–Crippen MR) is 115 cm³/mol. The van der Waals surface area contributed by atoms with E-state index >= 15 is 0 Å². The molecule has 0 radical (unpaired) electrons. The van der Waals surface area contributed by atoms with Crippen molar-refractivity contribution in [3.63, 3.8) is 0 Å². The molecule has 0 saturated heterocycles. The van der Waals surface area contributed by atoms with Crippen molar-refractivity contribution in [3.05, 3.63) is 69.1 Å². The quantitative estimate of drug-likeness (QED) is 0.614. The lowest BCUT2D eigenvalue weighted by Crippen LogP contribution is -2.29. The minimum atomic E-state index is -0.503. The van der Waals surface area contributed by atoms with Crippen molar-refractivity contribution in [2.45, 2.75) is 32.4 Å². The number of thioether (sulfide) groups is 1. The summed E-state index contributed by atoms with van der Waals surface area (Å²) in [5.41, 5.74) is 3.53. The molecule has 144 valence electrons. The lowest BCUT2D eigenvalue weighted by atomic mass is 9.83. The Morgan fingerprint density at radius 1 is 1.29 bits per heavy atom. The first kappa shape index (κ1) is 20.4. The van der Waals surface area contributed by atoms with Crippen molar-refractivity contribution in [1.29, 1.82) is 5.26 Å². The van der Waals surface area contributed by atoms with Gasteiger partial charge in [0, 0.05) is 22.2 Å². The Kier molecular flexibility index (Phi) is 6.71. The summed E-state index contributed by atoms with van der Waals surface area (Å²) in [6, 6.07) is 14.7. The number of carbonyl (C=O) groups excluding carboxylic acids is 1. The van der Waals surface area contributed by atoms with Crippen LogP contribution in [0.4, 0.5) is 0 Å². The third-order valence-corrected chi connectivity index (χ3v) is 6.64. The first-order chi connectivity index (χ1) is 13.5. The molecule has 28 heavy (non-hydrogen) atoms. The van der Waals surface area contributed by atoms with E-state index in [1.54, 1.807) is 30.0 Å². The van der Waals surface area contributed by atoms with Gasteiger partial charge in [0.25, 0.3) is 0 Å². The molecule has 1 aliphatic rings. The second-order valence-corrected chi connectivity index (χ2v) is 8.52. The highest BCUT2D eigenvalue weighted by Gasteiger charge is 2.39. The molecule has 1 aromatic heterocycles. The van der Waals surface area contributed by atoms with Gasteiger partial charge < -0.3 is 4.74 Å². The molecule has 1 aromatic carbocycles. The molecule has 2 atom stereocenters. The van der Waals surface area contributed by atoms with E-state index in [-0.39, 0.29) is 11.9 Å². The summed E-state index contributed by atoms with van der Waals surface area (Å²) in [6.07, 6.45) is 0. The number of benzene rings is 1. The second kappa shape index (κ2) is 9.22. The highest BCUT2D eigenvalue weighted by atomic mass is 32.2. The van der Waals surface area contributed by atoms with Crippen LogP contribution in [0.1, 0.15) is 35.8 Å². The van der Waals surface area contributed by atoms with E-state index in [2.05, 4.69) is 42.3 Å². The summed E-state index contributed by atoms with van der Waals surface area (Å²) in [4.78, 5) is 18.3. The number of nitriles is 1. The van der Waals surface area contributed by atoms with E-state index in [9.17, 15) is 10.1 Å². The van der Waals surface area contributed by atoms with E-state index in [0.717, 1.165) is 15.7 Å². The molecule has 0 amide bonds. The van der Waals surface area contributed by atoms with Crippen LogP contribution in [0.25, 0.3) is 0 Å². The topological polar surface area (TPSA) is 62.4 Å². The zero-order valence-electron chi connectivity index (χ0n) is 16.1. The van der Waals surface area contributed by atoms with Crippen LogP contribution in [-0.2, 0) is 15.3 Å².